The van der Waals surface area contributed by atoms with Gasteiger partial charge >= 0.3 is 5.97 Å². The van der Waals surface area contributed by atoms with E-state index in [1.54, 1.807) is 5.57 Å². The molecule has 0 heterocycles. The Kier molecular flexibility index (Phi) is 7.18. The standard InChI is InChI=1S/C24H38O3.C2H6/c1-23-14-12-21-19(9-7-17-15-18(25)11-13-24(17,21)2)20(23)10-8-16(23)5-4-6-22(26)27-3;1-2/h7,16,18-21,25H,4-6,8-15H2,1-3H3;1-2H3. The van der Waals surface area contributed by atoms with E-state index in [1.165, 1.54) is 52.1 Å². The Bertz CT molecular complexity index is 611. The van der Waals surface area contributed by atoms with Crippen LogP contribution in [0.5, 0.6) is 0 Å². The van der Waals surface area contributed by atoms with E-state index in [0.717, 1.165) is 42.9 Å². The smallest absolute Gasteiger partial charge is 0.305 e. The number of ether oxygens (including phenoxy) is 1. The molecule has 0 aliphatic heterocycles. The third kappa shape index (κ3) is 4.05. The van der Waals surface area contributed by atoms with Crippen LogP contribution < -0.4 is 0 Å². The highest BCUT2D eigenvalue weighted by Crippen LogP contribution is 2.66. The van der Waals surface area contributed by atoms with Gasteiger partial charge in [-0.1, -0.05) is 39.3 Å². The van der Waals surface area contributed by atoms with Crippen molar-refractivity contribution in [1.82, 2.24) is 0 Å². The molecule has 0 aromatic rings. The highest BCUT2D eigenvalue weighted by Gasteiger charge is 2.58. The molecule has 3 saturated carbocycles. The summed E-state index contributed by atoms with van der Waals surface area (Å²) in [6.07, 6.45) is 14.9. The molecule has 3 nitrogen and oxygen atoms in total. The summed E-state index contributed by atoms with van der Waals surface area (Å²) in [7, 11) is 1.49. The van der Waals surface area contributed by atoms with Crippen LogP contribution in [-0.2, 0) is 9.53 Å². The van der Waals surface area contributed by atoms with E-state index in [4.69, 9.17) is 4.74 Å². The van der Waals surface area contributed by atoms with Gasteiger partial charge in [0, 0.05) is 6.42 Å². The lowest BCUT2D eigenvalue weighted by Crippen LogP contribution is -2.50. The lowest BCUT2D eigenvalue weighted by Gasteiger charge is -2.58. The van der Waals surface area contributed by atoms with E-state index in [9.17, 15) is 9.90 Å². The minimum absolute atomic E-state index is 0.0595. The quantitative estimate of drug-likeness (QED) is 0.442. The van der Waals surface area contributed by atoms with E-state index < -0.39 is 0 Å². The zero-order chi connectivity index (χ0) is 21.2. The molecule has 0 radical (unpaired) electrons. The molecule has 4 aliphatic carbocycles. The number of carbonyl (C=O) groups is 1. The van der Waals surface area contributed by atoms with Gasteiger partial charge in [0.1, 0.15) is 0 Å². The van der Waals surface area contributed by atoms with Crippen LogP contribution >= 0.6 is 0 Å². The summed E-state index contributed by atoms with van der Waals surface area (Å²) < 4.78 is 4.82. The third-order valence-electron chi connectivity index (χ3n) is 9.44. The average molecular weight is 405 g/mol. The maximum atomic E-state index is 11.5. The van der Waals surface area contributed by atoms with Gasteiger partial charge in [-0.15, -0.1) is 0 Å². The molecular weight excluding hydrogens is 360 g/mol. The van der Waals surface area contributed by atoms with Crippen LogP contribution in [-0.4, -0.2) is 24.3 Å². The molecular formula is C26H44O3. The minimum atomic E-state index is -0.111. The van der Waals surface area contributed by atoms with Gasteiger partial charge in [0.15, 0.2) is 0 Å². The highest BCUT2D eigenvalue weighted by molar-refractivity contribution is 5.68. The van der Waals surface area contributed by atoms with E-state index >= 15 is 0 Å². The molecule has 0 aromatic heterocycles. The number of esters is 1. The fraction of sp³-hybridized carbons (Fsp3) is 0.885. The molecule has 3 heteroatoms. The fourth-order valence-corrected chi connectivity index (χ4v) is 7.82. The van der Waals surface area contributed by atoms with Crippen LogP contribution in [0.2, 0.25) is 0 Å². The van der Waals surface area contributed by atoms with Crippen molar-refractivity contribution < 1.29 is 14.6 Å². The lowest BCUT2D eigenvalue weighted by molar-refractivity contribution is -0.140. The monoisotopic (exact) mass is 404 g/mol. The van der Waals surface area contributed by atoms with Gasteiger partial charge in [-0.2, -0.15) is 0 Å². The first kappa shape index (κ1) is 22.8. The molecule has 166 valence electrons. The molecule has 0 saturated heterocycles. The van der Waals surface area contributed by atoms with Crippen LogP contribution in [0.3, 0.4) is 0 Å². The number of methoxy groups -OCH3 is 1. The first-order valence-electron chi connectivity index (χ1n) is 12.3. The number of allylic oxidation sites excluding steroid dienone is 1. The van der Waals surface area contributed by atoms with Crippen molar-refractivity contribution in [2.75, 3.05) is 7.11 Å². The largest absolute Gasteiger partial charge is 0.469 e. The average Bonchev–Trinajstić information content (AvgIpc) is 3.06. The molecule has 4 aliphatic rings. The second-order valence-electron chi connectivity index (χ2n) is 10.4. The Balaban J connectivity index is 0.00000117. The minimum Gasteiger partial charge on any atom is -0.469 e. The van der Waals surface area contributed by atoms with Gasteiger partial charge in [-0.05, 0) is 98.7 Å². The Morgan fingerprint density at radius 2 is 1.90 bits per heavy atom. The summed E-state index contributed by atoms with van der Waals surface area (Å²) in [4.78, 5) is 11.5. The molecule has 7 atom stereocenters. The molecule has 0 bridgehead atoms. The first-order valence-corrected chi connectivity index (χ1v) is 12.3. The van der Waals surface area contributed by atoms with Crippen molar-refractivity contribution in [3.8, 4) is 0 Å². The summed E-state index contributed by atoms with van der Waals surface area (Å²) in [6.45, 7) is 9.07. The zero-order valence-electron chi connectivity index (χ0n) is 19.5. The number of fused-ring (bicyclic) bond motifs is 5. The number of aliphatic hydroxyl groups is 1. The van der Waals surface area contributed by atoms with Gasteiger partial charge < -0.3 is 9.84 Å². The Labute approximate surface area is 178 Å². The van der Waals surface area contributed by atoms with Gasteiger partial charge in [0.05, 0.1) is 13.2 Å². The maximum Gasteiger partial charge on any atom is 0.305 e. The van der Waals surface area contributed by atoms with Crippen molar-refractivity contribution in [3.05, 3.63) is 11.6 Å². The molecule has 4 rings (SSSR count). The SMILES string of the molecule is CC.COC(=O)CCCC1CCC2C3CC=C4CC(O)CCC4(C)C3CCC12C. The summed E-state index contributed by atoms with van der Waals surface area (Å²) in [6, 6.07) is 0. The molecule has 0 spiro atoms. The van der Waals surface area contributed by atoms with Crippen molar-refractivity contribution in [3.63, 3.8) is 0 Å². The summed E-state index contributed by atoms with van der Waals surface area (Å²) in [5.74, 6) is 3.21. The van der Waals surface area contributed by atoms with Crippen molar-refractivity contribution in [1.29, 1.82) is 0 Å². The van der Waals surface area contributed by atoms with Gasteiger partial charge in [-0.3, -0.25) is 4.79 Å². The third-order valence-corrected chi connectivity index (χ3v) is 9.44. The maximum absolute atomic E-state index is 11.5. The second kappa shape index (κ2) is 9.12. The van der Waals surface area contributed by atoms with Crippen molar-refractivity contribution in [2.45, 2.75) is 104 Å². The number of aliphatic hydroxyl groups excluding tert-OH is 1. The number of hydrogen-bond donors (Lipinski definition) is 1. The van der Waals surface area contributed by atoms with Crippen LogP contribution in [0.4, 0.5) is 0 Å². The Hall–Kier alpha value is -0.830. The lowest BCUT2D eigenvalue weighted by atomic mass is 9.47. The number of carbonyl (C=O) groups excluding carboxylic acids is 1. The van der Waals surface area contributed by atoms with Gasteiger partial charge in [0.2, 0.25) is 0 Å². The molecule has 7 unspecified atom stereocenters. The topological polar surface area (TPSA) is 46.5 Å². The number of hydrogen-bond acceptors (Lipinski definition) is 3. The normalized spacial score (nSPS) is 43.1. The molecule has 1 N–H and O–H groups in total. The van der Waals surface area contributed by atoms with Crippen molar-refractivity contribution >= 4 is 5.97 Å². The van der Waals surface area contributed by atoms with Crippen molar-refractivity contribution in [2.24, 2.45) is 34.5 Å². The summed E-state index contributed by atoms with van der Waals surface area (Å²) >= 11 is 0. The molecule has 0 aromatic carbocycles. The second-order valence-corrected chi connectivity index (χ2v) is 10.4. The van der Waals surface area contributed by atoms with E-state index in [2.05, 4.69) is 19.9 Å². The van der Waals surface area contributed by atoms with Crippen LogP contribution in [0, 0.1) is 34.5 Å². The van der Waals surface area contributed by atoms with Crippen LogP contribution in [0.25, 0.3) is 0 Å². The van der Waals surface area contributed by atoms with Crippen LogP contribution in [0.1, 0.15) is 98.3 Å². The summed E-state index contributed by atoms with van der Waals surface area (Å²) in [5, 5.41) is 10.2. The van der Waals surface area contributed by atoms with E-state index in [-0.39, 0.29) is 12.1 Å². The van der Waals surface area contributed by atoms with E-state index in [0.29, 0.717) is 17.3 Å². The number of rotatable bonds is 4. The fourth-order valence-electron chi connectivity index (χ4n) is 7.82. The van der Waals surface area contributed by atoms with Crippen LogP contribution in [0.15, 0.2) is 11.6 Å². The van der Waals surface area contributed by atoms with Gasteiger partial charge in [-0.25, -0.2) is 0 Å². The van der Waals surface area contributed by atoms with E-state index in [1.807, 2.05) is 13.8 Å². The molecule has 0 amide bonds. The predicted octanol–water partition coefficient (Wildman–Crippen LogP) is 6.30. The molecule has 29 heavy (non-hydrogen) atoms. The predicted molar refractivity (Wildman–Crippen MR) is 118 cm³/mol. The highest BCUT2D eigenvalue weighted by atomic mass is 16.5. The first-order chi connectivity index (χ1) is 13.9. The summed E-state index contributed by atoms with van der Waals surface area (Å²) in [5.41, 5.74) is 2.37. The van der Waals surface area contributed by atoms with Gasteiger partial charge in [0.25, 0.3) is 0 Å². The zero-order valence-corrected chi connectivity index (χ0v) is 19.5. The Morgan fingerprint density at radius 1 is 1.14 bits per heavy atom. The molecule has 3 fully saturated rings. The Morgan fingerprint density at radius 3 is 2.62 bits per heavy atom.